The number of nitrogens with one attached hydrogen (secondary N) is 2. The Morgan fingerprint density at radius 1 is 1.06 bits per heavy atom. The van der Waals surface area contributed by atoms with E-state index in [4.69, 9.17) is 27.9 Å². The minimum atomic E-state index is -1.02. The number of esters is 1. The minimum absolute atomic E-state index is 0.00534. The standard InChI is InChI=1S/C21H19Cl2N5O6/c1-33-20(31)16-19(30)24-21(32)28(27-16)11-7-13(22)17(14(23)8-11)34-15-9-12(18(29)26-25-15)10-5-3-2-4-6-10/h7-10H,2-6H2,1H3,(H,26,29)(H,24,30,32). The number of methoxy groups -OCH3 is 1. The third-order valence-corrected chi connectivity index (χ3v) is 6.06. The predicted octanol–water partition coefficient (Wildman–Crippen LogP) is 2.94. The van der Waals surface area contributed by atoms with E-state index in [0.717, 1.165) is 43.9 Å². The Morgan fingerprint density at radius 3 is 2.38 bits per heavy atom. The van der Waals surface area contributed by atoms with Gasteiger partial charge in [0.1, 0.15) is 0 Å². The Kier molecular flexibility index (Phi) is 6.85. The maximum Gasteiger partial charge on any atom is 0.364 e. The molecule has 178 valence electrons. The molecule has 2 aromatic heterocycles. The average molecular weight is 508 g/mol. The Morgan fingerprint density at radius 2 is 1.74 bits per heavy atom. The summed E-state index contributed by atoms with van der Waals surface area (Å²) in [5.41, 5.74) is -2.15. The Labute approximate surface area is 201 Å². The lowest BCUT2D eigenvalue weighted by atomic mass is 9.85. The molecule has 2 N–H and O–H groups in total. The molecule has 1 fully saturated rings. The zero-order chi connectivity index (χ0) is 24.4. The fourth-order valence-electron chi connectivity index (χ4n) is 3.85. The van der Waals surface area contributed by atoms with Crippen LogP contribution in [0.3, 0.4) is 0 Å². The topological polar surface area (TPSA) is 149 Å². The molecule has 0 spiro atoms. The minimum Gasteiger partial charge on any atom is -0.464 e. The van der Waals surface area contributed by atoms with Crippen LogP contribution >= 0.6 is 23.2 Å². The van der Waals surface area contributed by atoms with Gasteiger partial charge in [-0.3, -0.25) is 14.6 Å². The molecule has 0 saturated heterocycles. The number of H-pyrrole nitrogens is 2. The van der Waals surface area contributed by atoms with E-state index in [1.165, 1.54) is 12.1 Å². The van der Waals surface area contributed by atoms with E-state index in [9.17, 15) is 19.2 Å². The van der Waals surface area contributed by atoms with Crippen molar-refractivity contribution >= 4 is 29.2 Å². The highest BCUT2D eigenvalue weighted by Crippen LogP contribution is 2.38. The summed E-state index contributed by atoms with van der Waals surface area (Å²) in [5.74, 6) is -0.764. The van der Waals surface area contributed by atoms with Crippen molar-refractivity contribution in [2.24, 2.45) is 0 Å². The van der Waals surface area contributed by atoms with Crippen LogP contribution in [-0.4, -0.2) is 38.0 Å². The smallest absolute Gasteiger partial charge is 0.364 e. The first kappa shape index (κ1) is 23.7. The monoisotopic (exact) mass is 507 g/mol. The number of hydrogen-bond donors (Lipinski definition) is 2. The maximum atomic E-state index is 12.3. The lowest BCUT2D eigenvalue weighted by Crippen LogP contribution is -2.36. The van der Waals surface area contributed by atoms with Gasteiger partial charge in [-0.05, 0) is 30.9 Å². The normalized spacial score (nSPS) is 14.1. The number of hydrogen-bond acceptors (Lipinski definition) is 8. The number of aromatic amines is 2. The highest BCUT2D eigenvalue weighted by molar-refractivity contribution is 6.37. The van der Waals surface area contributed by atoms with Gasteiger partial charge >= 0.3 is 11.7 Å². The molecular weight excluding hydrogens is 489 g/mol. The van der Waals surface area contributed by atoms with Gasteiger partial charge in [0.05, 0.1) is 22.8 Å². The number of carbonyl (C=O) groups is 1. The number of carbonyl (C=O) groups excluding carboxylic acids is 1. The van der Waals surface area contributed by atoms with Gasteiger partial charge in [-0.1, -0.05) is 42.5 Å². The largest absolute Gasteiger partial charge is 0.464 e. The first-order valence-electron chi connectivity index (χ1n) is 10.4. The Bertz CT molecular complexity index is 1400. The Balaban J connectivity index is 1.69. The van der Waals surface area contributed by atoms with Crippen molar-refractivity contribution in [1.29, 1.82) is 0 Å². The zero-order valence-corrected chi connectivity index (χ0v) is 19.4. The molecule has 1 saturated carbocycles. The SMILES string of the molecule is COC(=O)c1nn(-c2cc(Cl)c(Oc3cc(C4CCCCC4)c(=O)[nH]n3)c(Cl)c2)c(=O)[nH]c1=O. The molecule has 0 atom stereocenters. The van der Waals surface area contributed by atoms with Crippen molar-refractivity contribution in [2.75, 3.05) is 7.11 Å². The molecule has 1 aliphatic carbocycles. The van der Waals surface area contributed by atoms with E-state index in [-0.39, 0.29) is 38.8 Å². The van der Waals surface area contributed by atoms with Crippen LogP contribution in [0.1, 0.15) is 54.1 Å². The van der Waals surface area contributed by atoms with Crippen LogP contribution in [0.4, 0.5) is 0 Å². The maximum absolute atomic E-state index is 12.3. The third-order valence-electron chi connectivity index (χ3n) is 5.49. The summed E-state index contributed by atoms with van der Waals surface area (Å²) >= 11 is 12.7. The molecule has 34 heavy (non-hydrogen) atoms. The molecule has 3 aromatic rings. The van der Waals surface area contributed by atoms with Crippen molar-refractivity contribution in [3.8, 4) is 17.3 Å². The predicted molar refractivity (Wildman–Crippen MR) is 123 cm³/mol. The van der Waals surface area contributed by atoms with Crippen LogP contribution in [0, 0.1) is 0 Å². The number of benzene rings is 1. The molecule has 13 heteroatoms. The lowest BCUT2D eigenvalue weighted by Gasteiger charge is -2.21. The highest BCUT2D eigenvalue weighted by Gasteiger charge is 2.22. The second-order valence-corrected chi connectivity index (χ2v) is 8.49. The second-order valence-electron chi connectivity index (χ2n) is 7.68. The van der Waals surface area contributed by atoms with Gasteiger partial charge in [-0.2, -0.15) is 9.78 Å². The van der Waals surface area contributed by atoms with Gasteiger partial charge < -0.3 is 9.47 Å². The fourth-order valence-corrected chi connectivity index (χ4v) is 4.40. The van der Waals surface area contributed by atoms with Gasteiger partial charge in [-0.15, -0.1) is 5.10 Å². The summed E-state index contributed by atoms with van der Waals surface area (Å²) < 4.78 is 11.0. The summed E-state index contributed by atoms with van der Waals surface area (Å²) in [6, 6.07) is 4.19. The van der Waals surface area contributed by atoms with Crippen molar-refractivity contribution in [3.05, 3.63) is 70.7 Å². The van der Waals surface area contributed by atoms with Gasteiger partial charge in [0.15, 0.2) is 5.75 Å². The van der Waals surface area contributed by atoms with E-state index in [1.54, 1.807) is 6.07 Å². The van der Waals surface area contributed by atoms with Crippen LogP contribution in [0.25, 0.3) is 5.69 Å². The van der Waals surface area contributed by atoms with E-state index in [1.807, 2.05) is 4.98 Å². The van der Waals surface area contributed by atoms with Crippen LogP contribution in [-0.2, 0) is 4.74 Å². The van der Waals surface area contributed by atoms with Crippen LogP contribution < -0.4 is 21.5 Å². The fraction of sp³-hybridized carbons (Fsp3) is 0.333. The quantitative estimate of drug-likeness (QED) is 0.500. The van der Waals surface area contributed by atoms with Gasteiger partial charge in [0.25, 0.3) is 11.1 Å². The summed E-state index contributed by atoms with van der Waals surface area (Å²) in [7, 11) is 1.07. The van der Waals surface area contributed by atoms with E-state index < -0.39 is 22.9 Å². The summed E-state index contributed by atoms with van der Waals surface area (Å²) in [4.78, 5) is 50.1. The van der Waals surface area contributed by atoms with Crippen molar-refractivity contribution in [3.63, 3.8) is 0 Å². The molecule has 0 unspecified atom stereocenters. The Hall–Kier alpha value is -3.44. The molecule has 11 nitrogen and oxygen atoms in total. The van der Waals surface area contributed by atoms with Crippen molar-refractivity contribution in [2.45, 2.75) is 38.0 Å². The zero-order valence-electron chi connectivity index (χ0n) is 17.9. The number of aromatic nitrogens is 5. The van der Waals surface area contributed by atoms with Crippen LogP contribution in [0.5, 0.6) is 11.6 Å². The number of rotatable bonds is 5. The third kappa shape index (κ3) is 4.75. The first-order chi connectivity index (χ1) is 16.3. The number of nitrogens with zero attached hydrogens (tertiary/aromatic N) is 3. The molecule has 1 aliphatic rings. The van der Waals surface area contributed by atoms with Crippen molar-refractivity contribution in [1.82, 2.24) is 25.0 Å². The second kappa shape index (κ2) is 9.82. The van der Waals surface area contributed by atoms with Gasteiger partial charge in [0, 0.05) is 11.6 Å². The van der Waals surface area contributed by atoms with Gasteiger partial charge in [-0.25, -0.2) is 14.7 Å². The molecule has 0 bridgehead atoms. The average Bonchev–Trinajstić information content (AvgIpc) is 2.82. The molecule has 2 heterocycles. The highest BCUT2D eigenvalue weighted by atomic mass is 35.5. The summed E-state index contributed by atoms with van der Waals surface area (Å²) in [6.07, 6.45) is 5.08. The van der Waals surface area contributed by atoms with E-state index in [2.05, 4.69) is 20.0 Å². The van der Waals surface area contributed by atoms with Crippen LogP contribution in [0.15, 0.2) is 32.6 Å². The van der Waals surface area contributed by atoms with E-state index in [0.29, 0.717) is 5.56 Å². The van der Waals surface area contributed by atoms with E-state index >= 15 is 0 Å². The number of halogens is 2. The number of ether oxygens (including phenoxy) is 2. The molecular formula is C21H19Cl2N5O6. The van der Waals surface area contributed by atoms with Crippen molar-refractivity contribution < 1.29 is 14.3 Å². The first-order valence-corrected chi connectivity index (χ1v) is 11.1. The summed E-state index contributed by atoms with van der Waals surface area (Å²) in [5, 5.41) is 10.1. The molecule has 0 aliphatic heterocycles. The molecule has 0 radical (unpaired) electrons. The summed E-state index contributed by atoms with van der Waals surface area (Å²) in [6.45, 7) is 0. The molecule has 0 amide bonds. The van der Waals surface area contributed by atoms with Crippen LogP contribution in [0.2, 0.25) is 10.0 Å². The van der Waals surface area contributed by atoms with Gasteiger partial charge in [0.2, 0.25) is 11.6 Å². The molecule has 1 aromatic carbocycles. The molecule has 4 rings (SSSR count). The lowest BCUT2D eigenvalue weighted by molar-refractivity contribution is 0.0589.